The molecule has 5 aliphatic rings. The van der Waals surface area contributed by atoms with Crippen molar-refractivity contribution in [3.8, 4) is 0 Å². The number of rotatable bonds is 7. The Labute approximate surface area is 310 Å². The highest BCUT2D eigenvalue weighted by molar-refractivity contribution is 7.91. The van der Waals surface area contributed by atoms with Crippen molar-refractivity contribution >= 4 is 39.9 Å². The molecule has 2 aliphatic carbocycles. The third-order valence-corrected chi connectivity index (χ3v) is 12.8. The summed E-state index contributed by atoms with van der Waals surface area (Å²) in [6, 6.07) is 5.43. The van der Waals surface area contributed by atoms with Crippen LogP contribution in [0.2, 0.25) is 0 Å². The Morgan fingerprint density at radius 1 is 1.04 bits per heavy atom. The number of methoxy groups -OCH3 is 1. The molecule has 15 nitrogen and oxygen atoms in total. The van der Waals surface area contributed by atoms with Gasteiger partial charge in [-0.2, -0.15) is 0 Å². The highest BCUT2D eigenvalue weighted by atomic mass is 32.2. The molecule has 3 fully saturated rings. The SMILES string of the molecule is COCC1(S(=O)(=O)NC(=O)[C@@]23C[C@H]2C=CCCCCC[C@H](NC(=O)OC(C)(C)C)C(=O)N2C[C@H](OC(=O)N4Cc5ccccc5C4)C[C@H]2C(=O)N3)CC1. The van der Waals surface area contributed by atoms with Gasteiger partial charge in [0.15, 0.2) is 0 Å². The van der Waals surface area contributed by atoms with Gasteiger partial charge in [-0.1, -0.05) is 49.3 Å². The van der Waals surface area contributed by atoms with Gasteiger partial charge in [0.05, 0.1) is 13.2 Å². The summed E-state index contributed by atoms with van der Waals surface area (Å²) in [6.07, 6.45) is 5.30. The molecule has 0 bridgehead atoms. The van der Waals surface area contributed by atoms with Gasteiger partial charge < -0.3 is 29.7 Å². The number of allylic oxidation sites excluding steroid dienone is 1. The number of benzene rings is 1. The van der Waals surface area contributed by atoms with E-state index >= 15 is 0 Å². The number of alkyl carbamates (subject to hydrolysis) is 1. The second kappa shape index (κ2) is 14.9. The molecule has 5 amide bonds. The van der Waals surface area contributed by atoms with Crippen LogP contribution in [0.25, 0.3) is 0 Å². The minimum absolute atomic E-state index is 0.0699. The molecule has 0 spiro atoms. The Balaban J connectivity index is 1.25. The van der Waals surface area contributed by atoms with Gasteiger partial charge in [-0.25, -0.2) is 18.0 Å². The lowest BCUT2D eigenvalue weighted by molar-refractivity contribution is -0.141. The Kier molecular flexibility index (Phi) is 10.9. The van der Waals surface area contributed by atoms with Crippen LogP contribution in [0.1, 0.15) is 89.7 Å². The number of nitrogens with one attached hydrogen (secondary N) is 3. The Hall–Kier alpha value is -4.18. The standard InChI is InChI=1S/C37H51N5O10S/c1-35(2,3)52-33(46)38-28-15-9-7-5-6-8-14-26-19-37(26,32(45)40-53(48,49)36(16-17-36)23-50-4)39-30(43)29-18-27(22-42(29)31(28)44)51-34(47)41-20-24-12-10-11-13-25(24)21-41/h8,10-14,26-29H,5-7,9,15-23H2,1-4H3,(H,38,46)(H,39,43)(H,40,45)/t26-,27-,28+,29+,37-/m1/s1. The quantitative estimate of drug-likeness (QED) is 0.349. The van der Waals surface area contributed by atoms with Crippen LogP contribution in [-0.2, 0) is 51.7 Å². The first-order chi connectivity index (χ1) is 25.1. The maximum Gasteiger partial charge on any atom is 0.410 e. The summed E-state index contributed by atoms with van der Waals surface area (Å²) in [6.45, 7) is 5.64. The van der Waals surface area contributed by atoms with Crippen LogP contribution in [0.4, 0.5) is 9.59 Å². The molecule has 3 heterocycles. The van der Waals surface area contributed by atoms with Crippen LogP contribution in [0.3, 0.4) is 0 Å². The van der Waals surface area contributed by atoms with E-state index < -0.39 is 79.9 Å². The van der Waals surface area contributed by atoms with Crippen LogP contribution < -0.4 is 15.4 Å². The lowest BCUT2D eigenvalue weighted by Crippen LogP contribution is -2.59. The van der Waals surface area contributed by atoms with Gasteiger partial charge in [0, 0.05) is 32.5 Å². The number of sulfonamides is 1. The van der Waals surface area contributed by atoms with E-state index in [0.29, 0.717) is 38.8 Å². The number of hydrogen-bond donors (Lipinski definition) is 3. The van der Waals surface area contributed by atoms with Gasteiger partial charge in [-0.15, -0.1) is 0 Å². The lowest BCUT2D eigenvalue weighted by Gasteiger charge is -2.30. The fourth-order valence-corrected chi connectivity index (χ4v) is 9.06. The predicted molar refractivity (Wildman–Crippen MR) is 191 cm³/mol. The molecule has 2 saturated carbocycles. The molecular formula is C37H51N5O10S. The van der Waals surface area contributed by atoms with E-state index in [-0.39, 0.29) is 32.4 Å². The first-order valence-corrected chi connectivity index (χ1v) is 19.9. The van der Waals surface area contributed by atoms with Crippen LogP contribution >= 0.6 is 0 Å². The zero-order valence-electron chi connectivity index (χ0n) is 30.9. The van der Waals surface area contributed by atoms with Crippen molar-refractivity contribution in [3.63, 3.8) is 0 Å². The predicted octanol–water partition coefficient (Wildman–Crippen LogP) is 3.02. The van der Waals surface area contributed by atoms with Crippen molar-refractivity contribution in [1.29, 1.82) is 0 Å². The Morgan fingerprint density at radius 3 is 2.38 bits per heavy atom. The van der Waals surface area contributed by atoms with Gasteiger partial charge in [0.2, 0.25) is 21.8 Å². The summed E-state index contributed by atoms with van der Waals surface area (Å²) in [7, 11) is -2.74. The third kappa shape index (κ3) is 8.48. The first-order valence-electron chi connectivity index (χ1n) is 18.4. The van der Waals surface area contributed by atoms with Gasteiger partial charge in [0.1, 0.15) is 34.1 Å². The monoisotopic (exact) mass is 757 g/mol. The van der Waals surface area contributed by atoms with Crippen molar-refractivity contribution in [2.45, 2.75) is 126 Å². The minimum atomic E-state index is -4.14. The summed E-state index contributed by atoms with van der Waals surface area (Å²) < 4.78 is 44.3. The van der Waals surface area contributed by atoms with E-state index in [1.165, 1.54) is 12.0 Å². The summed E-state index contributed by atoms with van der Waals surface area (Å²) in [4.78, 5) is 71.7. The maximum atomic E-state index is 14.4. The van der Waals surface area contributed by atoms with Crippen LogP contribution in [-0.4, -0.2) is 102 Å². The molecule has 3 aliphatic heterocycles. The van der Waals surface area contributed by atoms with E-state index in [1.807, 2.05) is 36.4 Å². The smallest absolute Gasteiger partial charge is 0.410 e. The van der Waals surface area contributed by atoms with Gasteiger partial charge in [-0.05, 0) is 70.4 Å². The number of carbonyl (C=O) groups excluding carboxylic acids is 5. The second-order valence-corrected chi connectivity index (χ2v) is 18.0. The summed E-state index contributed by atoms with van der Waals surface area (Å²) in [5.41, 5.74) is -0.399. The Morgan fingerprint density at radius 2 is 1.74 bits per heavy atom. The van der Waals surface area contributed by atoms with Crippen molar-refractivity contribution in [3.05, 3.63) is 47.5 Å². The van der Waals surface area contributed by atoms with Crippen molar-refractivity contribution in [2.75, 3.05) is 20.3 Å². The largest absolute Gasteiger partial charge is 0.444 e. The third-order valence-electron chi connectivity index (χ3n) is 10.7. The zero-order valence-corrected chi connectivity index (χ0v) is 31.7. The highest BCUT2D eigenvalue weighted by Gasteiger charge is 2.64. The average Bonchev–Trinajstić information content (AvgIpc) is 3.91. The molecule has 16 heteroatoms. The van der Waals surface area contributed by atoms with Gasteiger partial charge in [0.25, 0.3) is 5.91 Å². The van der Waals surface area contributed by atoms with Crippen molar-refractivity contribution in [1.82, 2.24) is 25.2 Å². The maximum absolute atomic E-state index is 14.4. The number of amides is 5. The lowest BCUT2D eigenvalue weighted by atomic mass is 10.0. The van der Waals surface area contributed by atoms with Crippen molar-refractivity contribution < 1.29 is 46.6 Å². The molecule has 0 unspecified atom stereocenters. The van der Waals surface area contributed by atoms with Crippen molar-refractivity contribution in [2.24, 2.45) is 5.92 Å². The summed E-state index contributed by atoms with van der Waals surface area (Å²) in [5, 5.41) is 5.53. The van der Waals surface area contributed by atoms with Crippen LogP contribution in [0.5, 0.6) is 0 Å². The number of hydrogen-bond acceptors (Lipinski definition) is 10. The normalized spacial score (nSPS) is 28.3. The highest BCUT2D eigenvalue weighted by Crippen LogP contribution is 2.48. The van der Waals surface area contributed by atoms with Crippen LogP contribution in [0.15, 0.2) is 36.4 Å². The molecule has 5 atom stereocenters. The number of nitrogens with zero attached hydrogens (tertiary/aromatic N) is 2. The van der Waals surface area contributed by atoms with E-state index in [1.54, 1.807) is 25.7 Å². The molecule has 0 aromatic heterocycles. The number of ether oxygens (including phenoxy) is 3. The average molecular weight is 758 g/mol. The summed E-state index contributed by atoms with van der Waals surface area (Å²) in [5.74, 6) is -2.59. The van der Waals surface area contributed by atoms with Crippen LogP contribution in [0, 0.1) is 5.92 Å². The van der Waals surface area contributed by atoms with E-state index in [2.05, 4.69) is 15.4 Å². The fraction of sp³-hybridized carbons (Fsp3) is 0.649. The molecule has 0 radical (unpaired) electrons. The number of fused-ring (bicyclic) bond motifs is 3. The molecule has 53 heavy (non-hydrogen) atoms. The second-order valence-electron chi connectivity index (χ2n) is 16.0. The van der Waals surface area contributed by atoms with Gasteiger partial charge >= 0.3 is 12.2 Å². The Bertz CT molecular complexity index is 1730. The molecule has 290 valence electrons. The summed E-state index contributed by atoms with van der Waals surface area (Å²) >= 11 is 0. The topological polar surface area (TPSA) is 190 Å². The molecular weight excluding hydrogens is 706 g/mol. The first kappa shape index (κ1) is 38.5. The fourth-order valence-electron chi connectivity index (χ4n) is 7.51. The molecule has 3 N–H and O–H groups in total. The minimum Gasteiger partial charge on any atom is -0.444 e. The number of carbonyl (C=O) groups is 5. The molecule has 6 rings (SSSR count). The van der Waals surface area contributed by atoms with E-state index in [0.717, 1.165) is 24.0 Å². The van der Waals surface area contributed by atoms with E-state index in [4.69, 9.17) is 14.2 Å². The van der Waals surface area contributed by atoms with E-state index in [9.17, 15) is 32.4 Å². The molecule has 1 aromatic carbocycles. The molecule has 1 saturated heterocycles. The zero-order chi connectivity index (χ0) is 38.2. The van der Waals surface area contributed by atoms with Gasteiger partial charge in [-0.3, -0.25) is 24.0 Å². The molecule has 1 aromatic rings.